The van der Waals surface area contributed by atoms with Crippen LogP contribution >= 0.6 is 0 Å². The van der Waals surface area contributed by atoms with Crippen molar-refractivity contribution in [3.05, 3.63) is 0 Å². The number of rotatable bonds is 7. The SMILES string of the molecule is CCN1CCCC1CNC(=NC)NCCCN1CCCN(C)CC1. The molecule has 0 radical (unpaired) electrons. The third-order valence-electron chi connectivity index (χ3n) is 5.39. The zero-order valence-corrected chi connectivity index (χ0v) is 16.1. The van der Waals surface area contributed by atoms with Crippen LogP contribution in [0, 0.1) is 0 Å². The Balaban J connectivity index is 1.58. The summed E-state index contributed by atoms with van der Waals surface area (Å²) in [6, 6.07) is 0.669. The maximum atomic E-state index is 4.36. The van der Waals surface area contributed by atoms with Crippen molar-refractivity contribution in [1.29, 1.82) is 0 Å². The van der Waals surface area contributed by atoms with Crippen LogP contribution in [0.15, 0.2) is 4.99 Å². The second-order valence-electron chi connectivity index (χ2n) is 7.16. The van der Waals surface area contributed by atoms with Gasteiger partial charge in [0.2, 0.25) is 0 Å². The number of hydrogen-bond donors (Lipinski definition) is 2. The van der Waals surface area contributed by atoms with E-state index in [1.165, 1.54) is 65.0 Å². The van der Waals surface area contributed by atoms with Crippen LogP contribution in [0.3, 0.4) is 0 Å². The molecule has 0 spiro atoms. The van der Waals surface area contributed by atoms with Crippen molar-refractivity contribution in [2.45, 2.75) is 38.6 Å². The molecule has 0 saturated carbocycles. The Hall–Kier alpha value is -0.850. The number of hydrogen-bond acceptors (Lipinski definition) is 4. The van der Waals surface area contributed by atoms with Crippen LogP contribution in [-0.2, 0) is 0 Å². The minimum absolute atomic E-state index is 0.669. The normalized spacial score (nSPS) is 25.0. The average Bonchev–Trinajstić information content (AvgIpc) is 2.95. The van der Waals surface area contributed by atoms with Gasteiger partial charge in [-0.2, -0.15) is 0 Å². The molecule has 24 heavy (non-hydrogen) atoms. The number of guanidine groups is 1. The van der Waals surface area contributed by atoms with Crippen LogP contribution < -0.4 is 10.6 Å². The molecule has 140 valence electrons. The average molecular weight is 339 g/mol. The molecule has 0 aromatic heterocycles. The number of nitrogens with zero attached hydrogens (tertiary/aromatic N) is 4. The first-order chi connectivity index (χ1) is 11.7. The van der Waals surface area contributed by atoms with Gasteiger partial charge < -0.3 is 20.4 Å². The third-order valence-corrected chi connectivity index (χ3v) is 5.39. The van der Waals surface area contributed by atoms with Crippen molar-refractivity contribution in [3.63, 3.8) is 0 Å². The highest BCUT2D eigenvalue weighted by Crippen LogP contribution is 2.15. The van der Waals surface area contributed by atoms with Gasteiger partial charge in [0, 0.05) is 39.3 Å². The summed E-state index contributed by atoms with van der Waals surface area (Å²) in [7, 11) is 4.09. The van der Waals surface area contributed by atoms with Gasteiger partial charge in [-0.15, -0.1) is 0 Å². The summed E-state index contributed by atoms with van der Waals surface area (Å²) in [5.41, 5.74) is 0. The molecule has 2 fully saturated rings. The molecule has 1 atom stereocenters. The van der Waals surface area contributed by atoms with Gasteiger partial charge in [-0.1, -0.05) is 6.92 Å². The van der Waals surface area contributed by atoms with Gasteiger partial charge in [0.1, 0.15) is 0 Å². The number of likely N-dealkylation sites (tertiary alicyclic amines) is 1. The molecule has 2 N–H and O–H groups in total. The lowest BCUT2D eigenvalue weighted by atomic mass is 10.2. The summed E-state index contributed by atoms with van der Waals surface area (Å²) >= 11 is 0. The summed E-state index contributed by atoms with van der Waals surface area (Å²) in [6.07, 6.45) is 5.11. The highest BCUT2D eigenvalue weighted by atomic mass is 15.2. The molecular weight excluding hydrogens is 300 g/mol. The van der Waals surface area contributed by atoms with E-state index in [4.69, 9.17) is 0 Å². The van der Waals surface area contributed by atoms with Crippen molar-refractivity contribution in [2.75, 3.05) is 73.0 Å². The highest BCUT2D eigenvalue weighted by molar-refractivity contribution is 5.79. The number of likely N-dealkylation sites (N-methyl/N-ethyl adjacent to an activating group) is 2. The monoisotopic (exact) mass is 338 g/mol. The Bertz CT molecular complexity index is 373. The van der Waals surface area contributed by atoms with E-state index in [-0.39, 0.29) is 0 Å². The summed E-state index contributed by atoms with van der Waals surface area (Å²) in [4.78, 5) is 12.0. The first kappa shape index (κ1) is 19.5. The molecule has 2 aliphatic heterocycles. The fraction of sp³-hybridized carbons (Fsp3) is 0.944. The van der Waals surface area contributed by atoms with Gasteiger partial charge in [-0.05, 0) is 65.5 Å². The Morgan fingerprint density at radius 3 is 2.75 bits per heavy atom. The van der Waals surface area contributed by atoms with Crippen molar-refractivity contribution in [3.8, 4) is 0 Å². The Morgan fingerprint density at radius 2 is 1.96 bits per heavy atom. The molecule has 6 nitrogen and oxygen atoms in total. The van der Waals surface area contributed by atoms with Crippen molar-refractivity contribution >= 4 is 5.96 Å². The van der Waals surface area contributed by atoms with Crippen LogP contribution in [0.5, 0.6) is 0 Å². The molecular formula is C18H38N6. The summed E-state index contributed by atoms with van der Waals surface area (Å²) in [6.45, 7) is 12.7. The third kappa shape index (κ3) is 6.57. The lowest BCUT2D eigenvalue weighted by Crippen LogP contribution is -2.45. The van der Waals surface area contributed by atoms with E-state index in [2.05, 4.69) is 44.3 Å². The van der Waals surface area contributed by atoms with Crippen LogP contribution in [0.25, 0.3) is 0 Å². The fourth-order valence-corrected chi connectivity index (χ4v) is 3.81. The first-order valence-corrected chi connectivity index (χ1v) is 9.82. The predicted molar refractivity (Wildman–Crippen MR) is 103 cm³/mol. The largest absolute Gasteiger partial charge is 0.356 e. The molecule has 0 amide bonds. The minimum atomic E-state index is 0.669. The second-order valence-corrected chi connectivity index (χ2v) is 7.16. The van der Waals surface area contributed by atoms with E-state index in [0.717, 1.165) is 25.6 Å². The number of nitrogens with one attached hydrogen (secondary N) is 2. The van der Waals surface area contributed by atoms with E-state index >= 15 is 0 Å². The van der Waals surface area contributed by atoms with Gasteiger partial charge >= 0.3 is 0 Å². The predicted octanol–water partition coefficient (Wildman–Crippen LogP) is 0.663. The van der Waals surface area contributed by atoms with Crippen molar-refractivity contribution in [1.82, 2.24) is 25.3 Å². The molecule has 6 heteroatoms. The van der Waals surface area contributed by atoms with E-state index in [9.17, 15) is 0 Å². The maximum Gasteiger partial charge on any atom is 0.191 e. The lowest BCUT2D eigenvalue weighted by Gasteiger charge is -2.24. The molecule has 0 aromatic carbocycles. The molecule has 2 saturated heterocycles. The van der Waals surface area contributed by atoms with Crippen LogP contribution in [0.2, 0.25) is 0 Å². The van der Waals surface area contributed by atoms with E-state index in [1.807, 2.05) is 7.05 Å². The summed E-state index contributed by atoms with van der Waals surface area (Å²) in [5, 5.41) is 6.98. The van der Waals surface area contributed by atoms with E-state index < -0.39 is 0 Å². The van der Waals surface area contributed by atoms with Crippen LogP contribution in [0.4, 0.5) is 0 Å². The Kier molecular flexibility index (Phi) is 8.84. The van der Waals surface area contributed by atoms with Gasteiger partial charge in [0.05, 0.1) is 0 Å². The zero-order chi connectivity index (χ0) is 17.2. The maximum absolute atomic E-state index is 4.36. The molecule has 0 bridgehead atoms. The molecule has 0 aliphatic carbocycles. The van der Waals surface area contributed by atoms with Gasteiger partial charge in [-0.25, -0.2) is 0 Å². The Morgan fingerprint density at radius 1 is 1.08 bits per heavy atom. The Labute approximate surface area is 148 Å². The molecule has 2 aliphatic rings. The summed E-state index contributed by atoms with van der Waals surface area (Å²) < 4.78 is 0. The second kappa shape index (κ2) is 10.9. The molecule has 2 heterocycles. The zero-order valence-electron chi connectivity index (χ0n) is 16.1. The lowest BCUT2D eigenvalue weighted by molar-refractivity contribution is 0.266. The van der Waals surface area contributed by atoms with Gasteiger partial charge in [0.15, 0.2) is 5.96 Å². The van der Waals surface area contributed by atoms with Gasteiger partial charge in [0.25, 0.3) is 0 Å². The first-order valence-electron chi connectivity index (χ1n) is 9.82. The van der Waals surface area contributed by atoms with Crippen LogP contribution in [0.1, 0.15) is 32.6 Å². The van der Waals surface area contributed by atoms with Crippen molar-refractivity contribution in [2.24, 2.45) is 4.99 Å². The van der Waals surface area contributed by atoms with Crippen LogP contribution in [-0.4, -0.2) is 99.7 Å². The standard InChI is InChI=1S/C18H38N6/c1-4-24-13-5-8-17(24)16-21-18(19-2)20-9-6-11-23-12-7-10-22(3)14-15-23/h17H,4-16H2,1-3H3,(H2,19,20,21). The smallest absolute Gasteiger partial charge is 0.191 e. The highest BCUT2D eigenvalue weighted by Gasteiger charge is 2.22. The summed E-state index contributed by atoms with van der Waals surface area (Å²) in [5.74, 6) is 0.952. The molecule has 2 rings (SSSR count). The number of aliphatic imine (C=N–C) groups is 1. The molecule has 1 unspecified atom stereocenters. The minimum Gasteiger partial charge on any atom is -0.356 e. The topological polar surface area (TPSA) is 46.1 Å². The quantitative estimate of drug-likeness (QED) is 0.406. The molecule has 0 aromatic rings. The van der Waals surface area contributed by atoms with Crippen molar-refractivity contribution < 1.29 is 0 Å². The van der Waals surface area contributed by atoms with E-state index in [0.29, 0.717) is 6.04 Å². The fourth-order valence-electron chi connectivity index (χ4n) is 3.81. The van der Waals surface area contributed by atoms with E-state index in [1.54, 1.807) is 0 Å². The van der Waals surface area contributed by atoms with Gasteiger partial charge in [-0.3, -0.25) is 9.89 Å².